The van der Waals surface area contributed by atoms with Gasteiger partial charge in [-0.25, -0.2) is 0 Å². The maximum Gasteiger partial charge on any atom is 0.159 e. The van der Waals surface area contributed by atoms with Crippen molar-refractivity contribution in [2.24, 2.45) is 0 Å². The number of hydrogen-bond donors (Lipinski definition) is 0. The minimum Gasteiger partial charge on any atom is -0.456 e. The van der Waals surface area contributed by atoms with Crippen molar-refractivity contribution in [2.75, 3.05) is 19.6 Å². The van der Waals surface area contributed by atoms with Crippen molar-refractivity contribution in [3.05, 3.63) is 497 Å². The molecular formula is C136H82N4O6. The molecule has 10 nitrogen and oxygen atoms in total. The van der Waals surface area contributed by atoms with Crippen molar-refractivity contribution in [1.82, 2.24) is 0 Å². The molecule has 146 heavy (non-hydrogen) atoms. The molecule has 0 bridgehead atoms. The highest BCUT2D eigenvalue weighted by atomic mass is 16.4. The van der Waals surface area contributed by atoms with Crippen molar-refractivity contribution in [1.29, 1.82) is 0 Å². The van der Waals surface area contributed by atoms with Crippen molar-refractivity contribution < 1.29 is 26.5 Å². The molecule has 0 fully saturated rings. The number of nitrogens with zero attached hydrogens (tertiary/aromatic N) is 4. The third-order valence-electron chi connectivity index (χ3n) is 29.7. The van der Waals surface area contributed by atoms with Gasteiger partial charge in [0, 0.05) is 110 Å². The van der Waals surface area contributed by atoms with E-state index in [1.54, 1.807) is 0 Å². The van der Waals surface area contributed by atoms with Gasteiger partial charge in [0.25, 0.3) is 0 Å². The minimum atomic E-state index is 0.785. The highest BCUT2D eigenvalue weighted by Gasteiger charge is 2.31. The summed E-state index contributed by atoms with van der Waals surface area (Å²) in [6.07, 6.45) is 0. The predicted octanol–water partition coefficient (Wildman–Crippen LogP) is 39.9. The topological polar surface area (TPSA) is 91.8 Å². The Kier molecular flexibility index (Phi) is 18.6. The molecule has 30 rings (SSSR count). The summed E-state index contributed by atoms with van der Waals surface area (Å²) in [5, 5.41) is 21.2. The fraction of sp³-hybridized carbons (Fsp3) is 0. The molecule has 0 N–H and O–H groups in total. The van der Waals surface area contributed by atoms with Gasteiger partial charge in [0.05, 0.1) is 34.1 Å². The zero-order chi connectivity index (χ0) is 95.7. The Labute approximate surface area is 836 Å². The lowest BCUT2D eigenvalue weighted by Gasteiger charge is -2.29. The molecule has 0 aliphatic heterocycles. The maximum absolute atomic E-state index is 7.09. The van der Waals surface area contributed by atoms with E-state index in [4.69, 9.17) is 26.5 Å². The summed E-state index contributed by atoms with van der Waals surface area (Å²) < 4.78 is 41.7. The van der Waals surface area contributed by atoms with Crippen LogP contribution in [0.25, 0.3) is 230 Å². The van der Waals surface area contributed by atoms with E-state index in [0.717, 1.165) is 299 Å². The molecule has 0 aliphatic carbocycles. The highest BCUT2D eigenvalue weighted by molar-refractivity contribution is 6.30. The van der Waals surface area contributed by atoms with Crippen LogP contribution in [-0.2, 0) is 0 Å². The van der Waals surface area contributed by atoms with Crippen LogP contribution in [0.5, 0.6) is 0 Å². The van der Waals surface area contributed by atoms with Gasteiger partial charge in [0.2, 0.25) is 0 Å². The van der Waals surface area contributed by atoms with Crippen molar-refractivity contribution >= 4 is 243 Å². The lowest BCUT2D eigenvalue weighted by molar-refractivity contribution is 0.668. The molecule has 24 aromatic carbocycles. The Morgan fingerprint density at radius 2 is 0.390 bits per heavy atom. The Morgan fingerprint density at radius 3 is 0.781 bits per heavy atom. The molecule has 0 saturated heterocycles. The number of benzene rings is 24. The van der Waals surface area contributed by atoms with E-state index < -0.39 is 0 Å². The van der Waals surface area contributed by atoms with Crippen LogP contribution in [-0.4, -0.2) is 0 Å². The number of furan rings is 6. The van der Waals surface area contributed by atoms with Crippen molar-refractivity contribution in [3.8, 4) is 55.6 Å². The Bertz CT molecular complexity index is 10600. The first-order valence-corrected chi connectivity index (χ1v) is 49.5. The molecule has 0 unspecified atom stereocenters. The van der Waals surface area contributed by atoms with E-state index in [1.165, 1.54) is 0 Å². The molecule has 0 atom stereocenters. The third-order valence-corrected chi connectivity index (χ3v) is 29.7. The second kappa shape index (κ2) is 33.0. The van der Waals surface area contributed by atoms with Crippen LogP contribution in [0.15, 0.2) is 524 Å². The average Bonchev–Trinajstić information content (AvgIpc) is 1.50. The lowest BCUT2D eigenvalue weighted by atomic mass is 9.94. The van der Waals surface area contributed by atoms with E-state index in [9.17, 15) is 0 Å². The Balaban J connectivity index is 0.530. The normalized spacial score (nSPS) is 12.0. The molecule has 6 heterocycles. The van der Waals surface area contributed by atoms with Gasteiger partial charge < -0.3 is 46.1 Å². The standard InChI is InChI=1S/C136H82N4O6/c1-4-27-83(28-5-1)88-35-21-37-95(76-88)137(117-49-23-44-110-106-40-11-16-53-121(106)143-133(110)117)97-62-66-102-91(78-97)58-71-125-129(102)130-103-67-63-98(79-92(103)59-72-126(130)141-125)138(118-50-24-45-111-107-41-12-17-54-122(107)144-134(111)118)96-38-22-36-89(77-96)86-33-20-34-87(75-86)90-57-70-116(114(82-90)85-31-8-3-9-32-85)140(120-52-26-47-113-109-43-14-19-56-124(109)146-136(113)120)100-65-69-105-94(81-100)61-74-128-132(105)131-104-68-64-99(80-93(104)60-73-127(131)142-128)139(115-48-15-10-39-101(115)84-29-6-2-7-30-84)119-51-25-46-112-108-42-13-18-55-123(108)145-135(112)119/h1-82H. The molecule has 0 saturated carbocycles. The van der Waals surface area contributed by atoms with Crippen LogP contribution < -0.4 is 19.6 Å². The lowest BCUT2D eigenvalue weighted by Crippen LogP contribution is -2.11. The van der Waals surface area contributed by atoms with Crippen molar-refractivity contribution in [3.63, 3.8) is 0 Å². The van der Waals surface area contributed by atoms with Crippen LogP contribution >= 0.6 is 0 Å². The summed E-state index contributed by atoms with van der Waals surface area (Å²) >= 11 is 0. The molecule has 0 amide bonds. The summed E-state index contributed by atoms with van der Waals surface area (Å²) in [6, 6.07) is 178. The summed E-state index contributed by atoms with van der Waals surface area (Å²) in [5.74, 6) is 0. The monoisotopic (exact) mass is 1870 g/mol. The number of anilines is 12. The molecular weight excluding hydrogens is 1790 g/mol. The van der Waals surface area contributed by atoms with E-state index in [-0.39, 0.29) is 0 Å². The zero-order valence-corrected chi connectivity index (χ0v) is 78.6. The largest absolute Gasteiger partial charge is 0.456 e. The van der Waals surface area contributed by atoms with E-state index in [1.807, 2.05) is 24.3 Å². The van der Waals surface area contributed by atoms with Crippen LogP contribution in [0.3, 0.4) is 0 Å². The predicted molar refractivity (Wildman–Crippen MR) is 606 cm³/mol. The summed E-state index contributed by atoms with van der Waals surface area (Å²) in [6.45, 7) is 0. The summed E-state index contributed by atoms with van der Waals surface area (Å²) in [5.41, 5.74) is 32.2. The van der Waals surface area contributed by atoms with Gasteiger partial charge >= 0.3 is 0 Å². The third kappa shape index (κ3) is 13.2. The number of para-hydroxylation sites is 9. The van der Waals surface area contributed by atoms with Crippen LogP contribution in [0.2, 0.25) is 0 Å². The van der Waals surface area contributed by atoms with Crippen molar-refractivity contribution in [2.45, 2.75) is 0 Å². The first-order valence-electron chi connectivity index (χ1n) is 49.5. The summed E-state index contributed by atoms with van der Waals surface area (Å²) in [7, 11) is 0. The number of fused-ring (bicyclic) bond motifs is 26. The molecule has 0 radical (unpaired) electrons. The van der Waals surface area contributed by atoms with E-state index in [0.29, 0.717) is 0 Å². The zero-order valence-electron chi connectivity index (χ0n) is 78.6. The van der Waals surface area contributed by atoms with Gasteiger partial charge in [0.1, 0.15) is 44.7 Å². The first-order chi connectivity index (χ1) is 72.4. The quantitative estimate of drug-likeness (QED) is 0.0878. The fourth-order valence-corrected chi connectivity index (χ4v) is 23.1. The number of hydrogen-bond acceptors (Lipinski definition) is 10. The van der Waals surface area contributed by atoms with Crippen LogP contribution in [0, 0.1) is 0 Å². The maximum atomic E-state index is 7.09. The Hall–Kier alpha value is -19.7. The molecule has 30 aromatic rings. The second-order valence-corrected chi connectivity index (χ2v) is 38.0. The molecule has 0 aliphatic rings. The smallest absolute Gasteiger partial charge is 0.159 e. The van der Waals surface area contributed by atoms with Gasteiger partial charge in [-0.15, -0.1) is 0 Å². The summed E-state index contributed by atoms with van der Waals surface area (Å²) in [4.78, 5) is 9.47. The minimum absolute atomic E-state index is 0.785. The number of rotatable bonds is 17. The molecule has 6 aromatic heterocycles. The fourth-order valence-electron chi connectivity index (χ4n) is 23.1. The highest BCUT2D eigenvalue weighted by Crippen LogP contribution is 2.55. The van der Waals surface area contributed by atoms with Crippen LogP contribution in [0.4, 0.5) is 68.2 Å². The molecule has 10 heteroatoms. The van der Waals surface area contributed by atoms with E-state index in [2.05, 4.69) is 493 Å². The Morgan fingerprint density at radius 1 is 0.123 bits per heavy atom. The van der Waals surface area contributed by atoms with Crippen LogP contribution in [0.1, 0.15) is 0 Å². The molecule has 682 valence electrons. The van der Waals surface area contributed by atoms with Gasteiger partial charge in [-0.1, -0.05) is 328 Å². The van der Waals surface area contributed by atoms with Gasteiger partial charge in [-0.05, 0) is 257 Å². The first kappa shape index (κ1) is 82.2. The van der Waals surface area contributed by atoms with Gasteiger partial charge in [0.15, 0.2) is 22.3 Å². The van der Waals surface area contributed by atoms with Gasteiger partial charge in [-0.2, -0.15) is 0 Å². The average molecular weight is 1870 g/mol. The van der Waals surface area contributed by atoms with Gasteiger partial charge in [-0.3, -0.25) is 0 Å². The SMILES string of the molecule is c1ccc(-c2cccc(N(c3ccc4c(ccc5oc6ccc7cc(N(c8cccc(-c9cccc(-c%10ccc(N(c%11ccc%12c(ccc%13oc%14ccc%15cc(N(c%16ccccc%16-c%16ccccc%16)c%16cccc%17c%16oc%16ccccc%16%17)ccc%15c%14c%13%12)c%11)c%11cccc%12c%11oc%11ccccc%11%12)c(-c%11ccccc%11)c%10)c9)c8)c8cccc9c8oc8ccccc89)ccc7c6c54)c3)c3cccc4c3oc3ccccc34)c2)cc1. The van der Waals surface area contributed by atoms with E-state index >= 15 is 0 Å². The second-order valence-electron chi connectivity index (χ2n) is 38.0. The molecule has 0 spiro atoms.